The molecule has 1 atom stereocenters. The topological polar surface area (TPSA) is 65.3 Å². The van der Waals surface area contributed by atoms with E-state index < -0.39 is 11.2 Å². The lowest BCUT2D eigenvalue weighted by Crippen LogP contribution is -2.29. The van der Waals surface area contributed by atoms with Gasteiger partial charge in [-0.05, 0) is 49.3 Å². The number of amidine groups is 1. The number of carbonyl (C=O) groups is 1. The van der Waals surface area contributed by atoms with Gasteiger partial charge < -0.3 is 5.11 Å². The van der Waals surface area contributed by atoms with Crippen LogP contribution in [0.25, 0.3) is 0 Å². The fourth-order valence-electron chi connectivity index (χ4n) is 2.55. The van der Waals surface area contributed by atoms with Crippen molar-refractivity contribution in [2.75, 3.05) is 6.54 Å². The number of allylic oxidation sites excluding steroid dienone is 1. The summed E-state index contributed by atoms with van der Waals surface area (Å²) in [5, 5.41) is 15.7. The van der Waals surface area contributed by atoms with Crippen LogP contribution in [0.3, 0.4) is 0 Å². The van der Waals surface area contributed by atoms with Crippen molar-refractivity contribution in [3.8, 4) is 0 Å². The van der Waals surface area contributed by atoms with Gasteiger partial charge in [-0.1, -0.05) is 45.0 Å². The molecule has 150 valence electrons. The third-order valence-corrected chi connectivity index (χ3v) is 5.22. The molecule has 7 heteroatoms. The molecule has 0 amide bonds. The predicted octanol–water partition coefficient (Wildman–Crippen LogP) is 5.06. The first kappa shape index (κ1) is 21.9. The summed E-state index contributed by atoms with van der Waals surface area (Å²) < 4.78 is 13.3. The van der Waals surface area contributed by atoms with Crippen LogP contribution in [-0.2, 0) is 4.79 Å². The number of hydrazone groups is 1. The molecule has 1 aliphatic heterocycles. The summed E-state index contributed by atoms with van der Waals surface area (Å²) in [7, 11) is 0. The first-order chi connectivity index (χ1) is 13.5. The Labute approximate surface area is 169 Å². The molecule has 0 saturated heterocycles. The van der Waals surface area contributed by atoms with E-state index in [0.29, 0.717) is 29.5 Å². The first-order valence-electron chi connectivity index (χ1n) is 9.41. The monoisotopic (exact) mass is 403 g/mol. The maximum atomic E-state index is 13.3. The van der Waals surface area contributed by atoms with E-state index in [4.69, 9.17) is 0 Å². The van der Waals surface area contributed by atoms with Crippen LogP contribution < -0.4 is 0 Å². The largest absolute Gasteiger partial charge is 0.480 e. The van der Waals surface area contributed by atoms with Crippen molar-refractivity contribution in [2.45, 2.75) is 44.8 Å². The van der Waals surface area contributed by atoms with Crippen LogP contribution in [0.5, 0.6) is 0 Å². The highest BCUT2D eigenvalue weighted by atomic mass is 32.2. The smallest absolute Gasteiger partial charge is 0.317 e. The third kappa shape index (κ3) is 6.05. The molecular weight excluding hydrogens is 377 g/mol. The zero-order valence-corrected chi connectivity index (χ0v) is 17.1. The highest BCUT2D eigenvalue weighted by Crippen LogP contribution is 2.25. The molecule has 1 N–H and O–H groups in total. The lowest BCUT2D eigenvalue weighted by molar-refractivity contribution is -0.136. The van der Waals surface area contributed by atoms with E-state index in [2.05, 4.69) is 16.7 Å². The minimum absolute atomic E-state index is 0.323. The number of carboxylic acids is 1. The van der Waals surface area contributed by atoms with Crippen molar-refractivity contribution >= 4 is 28.6 Å². The zero-order valence-electron chi connectivity index (χ0n) is 16.3. The summed E-state index contributed by atoms with van der Waals surface area (Å²) in [4.78, 5) is 16.2. The molecule has 1 aromatic carbocycles. The van der Waals surface area contributed by atoms with Crippen molar-refractivity contribution in [1.82, 2.24) is 5.01 Å². The molecule has 1 aromatic rings. The second kappa shape index (κ2) is 10.8. The molecule has 0 spiro atoms. The standard InChI is InChI=1S/C21H26FN3O2S/c1-4-6-7-18(21(26)27)28-19-13-8-15(3)25(24-19)20(23-14-5-2)16-9-11-17(22)12-10-16/h8-13,18H,3-7,14H2,1-2H3,(H,26,27). The lowest BCUT2D eigenvalue weighted by Gasteiger charge is -2.26. The van der Waals surface area contributed by atoms with Gasteiger partial charge in [0.1, 0.15) is 16.1 Å². The van der Waals surface area contributed by atoms with Gasteiger partial charge in [-0.15, -0.1) is 0 Å². The Morgan fingerprint density at radius 1 is 1.29 bits per heavy atom. The summed E-state index contributed by atoms with van der Waals surface area (Å²) in [5.74, 6) is -0.602. The van der Waals surface area contributed by atoms with E-state index >= 15 is 0 Å². The minimum atomic E-state index is -0.844. The fraction of sp³-hybridized carbons (Fsp3) is 0.381. The number of hydrogen-bond acceptors (Lipinski definition) is 4. The van der Waals surface area contributed by atoms with Gasteiger partial charge in [0, 0.05) is 12.1 Å². The molecule has 0 aromatic heterocycles. The van der Waals surface area contributed by atoms with Gasteiger partial charge in [-0.3, -0.25) is 9.79 Å². The van der Waals surface area contributed by atoms with Gasteiger partial charge in [0.15, 0.2) is 5.84 Å². The van der Waals surface area contributed by atoms with Crippen LogP contribution in [0.4, 0.5) is 4.39 Å². The van der Waals surface area contributed by atoms with Gasteiger partial charge in [-0.2, -0.15) is 5.10 Å². The van der Waals surface area contributed by atoms with Crippen LogP contribution >= 0.6 is 11.8 Å². The average Bonchev–Trinajstić information content (AvgIpc) is 2.68. The molecule has 28 heavy (non-hydrogen) atoms. The summed E-state index contributed by atoms with van der Waals surface area (Å²) >= 11 is 1.22. The normalized spacial score (nSPS) is 15.5. The number of hydrogen-bond donors (Lipinski definition) is 1. The average molecular weight is 404 g/mol. The van der Waals surface area contributed by atoms with Crippen LogP contribution in [0.15, 0.2) is 58.8 Å². The number of aliphatic carboxylic acids is 1. The molecule has 1 heterocycles. The summed E-state index contributed by atoms with van der Waals surface area (Å²) in [6.07, 6.45) is 6.78. The summed E-state index contributed by atoms with van der Waals surface area (Å²) in [6, 6.07) is 6.06. The predicted molar refractivity (Wildman–Crippen MR) is 114 cm³/mol. The number of aliphatic imine (C=N–C) groups is 1. The molecule has 0 aliphatic carbocycles. The number of thioether (sulfide) groups is 1. The van der Waals surface area contributed by atoms with E-state index in [1.165, 1.54) is 23.9 Å². The Balaban J connectivity index is 2.31. The van der Waals surface area contributed by atoms with E-state index in [0.717, 1.165) is 24.8 Å². The van der Waals surface area contributed by atoms with Crippen molar-refractivity contribution in [2.24, 2.45) is 10.1 Å². The van der Waals surface area contributed by atoms with Crippen molar-refractivity contribution in [3.05, 3.63) is 60.1 Å². The number of carboxylic acid groups (broad SMARTS) is 1. The van der Waals surface area contributed by atoms with Gasteiger partial charge in [-0.25, -0.2) is 9.40 Å². The van der Waals surface area contributed by atoms with Crippen LogP contribution in [0.1, 0.15) is 45.1 Å². The third-order valence-electron chi connectivity index (χ3n) is 4.04. The molecule has 0 bridgehead atoms. The van der Waals surface area contributed by atoms with Crippen LogP contribution in [0, 0.1) is 5.82 Å². The minimum Gasteiger partial charge on any atom is -0.480 e. The highest BCUT2D eigenvalue weighted by molar-refractivity contribution is 8.15. The fourth-order valence-corrected chi connectivity index (χ4v) is 3.50. The SMILES string of the molecule is C=C1C=CC(SC(CCCC)C(=O)O)=NN1C(=NCCC)c1ccc(F)cc1. The number of nitrogens with zero attached hydrogens (tertiary/aromatic N) is 3. The zero-order chi connectivity index (χ0) is 20.5. The molecular formula is C21H26FN3O2S. The van der Waals surface area contributed by atoms with Gasteiger partial charge >= 0.3 is 5.97 Å². The van der Waals surface area contributed by atoms with Gasteiger partial charge in [0.05, 0.1) is 5.70 Å². The van der Waals surface area contributed by atoms with E-state index in [9.17, 15) is 14.3 Å². The van der Waals surface area contributed by atoms with Crippen molar-refractivity contribution < 1.29 is 14.3 Å². The maximum Gasteiger partial charge on any atom is 0.317 e. The number of rotatable bonds is 8. The first-order valence-corrected chi connectivity index (χ1v) is 10.3. The quantitative estimate of drug-likeness (QED) is 0.487. The Hall–Kier alpha value is -2.41. The molecule has 5 nitrogen and oxygen atoms in total. The van der Waals surface area contributed by atoms with Gasteiger partial charge in [0.2, 0.25) is 0 Å². The summed E-state index contributed by atoms with van der Waals surface area (Å²) in [5.41, 5.74) is 1.34. The van der Waals surface area contributed by atoms with Crippen LogP contribution in [-0.4, -0.2) is 38.8 Å². The van der Waals surface area contributed by atoms with Crippen LogP contribution in [0.2, 0.25) is 0 Å². The van der Waals surface area contributed by atoms with Crippen molar-refractivity contribution in [3.63, 3.8) is 0 Å². The summed E-state index contributed by atoms with van der Waals surface area (Å²) in [6.45, 7) is 8.66. The van der Waals surface area contributed by atoms with E-state index in [1.54, 1.807) is 29.3 Å². The molecule has 0 radical (unpaired) electrons. The molecule has 0 saturated carbocycles. The number of unbranched alkanes of at least 4 members (excludes halogenated alkanes) is 1. The maximum absolute atomic E-state index is 13.3. The van der Waals surface area contributed by atoms with E-state index in [-0.39, 0.29) is 5.82 Å². The Kier molecular flexibility index (Phi) is 8.44. The molecule has 1 aliphatic rings. The molecule has 2 rings (SSSR count). The Morgan fingerprint density at radius 2 is 2.00 bits per heavy atom. The Bertz CT molecular complexity index is 787. The lowest BCUT2D eigenvalue weighted by atomic mass is 10.2. The number of halogens is 1. The Morgan fingerprint density at radius 3 is 2.61 bits per heavy atom. The second-order valence-electron chi connectivity index (χ2n) is 6.37. The highest BCUT2D eigenvalue weighted by Gasteiger charge is 2.24. The van der Waals surface area contributed by atoms with Gasteiger partial charge in [0.25, 0.3) is 0 Å². The van der Waals surface area contributed by atoms with Crippen molar-refractivity contribution in [1.29, 1.82) is 0 Å². The van der Waals surface area contributed by atoms with E-state index in [1.807, 2.05) is 13.8 Å². The molecule has 0 fully saturated rings. The number of benzene rings is 1. The second-order valence-corrected chi connectivity index (χ2v) is 7.60. The molecule has 1 unspecified atom stereocenters.